The van der Waals surface area contributed by atoms with Gasteiger partial charge < -0.3 is 0 Å². The normalized spacial score (nSPS) is 11.8. The first-order valence-electron chi connectivity index (χ1n) is 6.13. The Morgan fingerprint density at radius 1 is 0.800 bits per heavy atom. The van der Waals surface area contributed by atoms with Gasteiger partial charge in [0.05, 0.1) is 5.56 Å². The zero-order valence-electron chi connectivity index (χ0n) is 10.4. The van der Waals surface area contributed by atoms with Crippen LogP contribution in [0, 0.1) is 6.07 Å². The maximum absolute atomic E-state index is 12.7. The maximum Gasteiger partial charge on any atom is 0.416 e. The molecule has 3 aromatic rings. The van der Waals surface area contributed by atoms with E-state index in [9.17, 15) is 13.2 Å². The molecule has 3 aromatic carbocycles. The Bertz CT molecular complexity index is 757. The molecule has 0 atom stereocenters. The molecule has 3 heteroatoms. The van der Waals surface area contributed by atoms with Crippen LogP contribution in [0.2, 0.25) is 0 Å². The van der Waals surface area contributed by atoms with E-state index in [1.165, 1.54) is 6.07 Å². The van der Waals surface area contributed by atoms with Crippen molar-refractivity contribution in [3.05, 3.63) is 72.3 Å². The number of hydrogen-bond acceptors (Lipinski definition) is 0. The number of halogens is 3. The summed E-state index contributed by atoms with van der Waals surface area (Å²) in [5, 5.41) is 1.91. The Morgan fingerprint density at radius 2 is 1.60 bits per heavy atom. The van der Waals surface area contributed by atoms with Crippen LogP contribution in [-0.4, -0.2) is 0 Å². The van der Waals surface area contributed by atoms with E-state index >= 15 is 0 Å². The standard InChI is InChI=1S/C17H10F3/c18-17(19,20)16-7-3-6-14(11-16)15-9-8-12-4-1-2-5-13(12)10-15/h1-9,11H. The third kappa shape index (κ3) is 2.39. The summed E-state index contributed by atoms with van der Waals surface area (Å²) in [5.41, 5.74) is 0.539. The van der Waals surface area contributed by atoms with Crippen molar-refractivity contribution >= 4 is 10.8 Å². The molecule has 0 saturated carbocycles. The molecule has 20 heavy (non-hydrogen) atoms. The van der Waals surface area contributed by atoms with Crippen molar-refractivity contribution in [3.8, 4) is 11.1 Å². The summed E-state index contributed by atoms with van der Waals surface area (Å²) in [6.45, 7) is 0. The molecular formula is C17H10F3. The van der Waals surface area contributed by atoms with Crippen molar-refractivity contribution < 1.29 is 13.2 Å². The first kappa shape index (κ1) is 12.7. The van der Waals surface area contributed by atoms with Gasteiger partial charge in [0.25, 0.3) is 0 Å². The minimum Gasteiger partial charge on any atom is -0.166 e. The molecule has 0 nitrogen and oxygen atoms in total. The minimum absolute atomic E-state index is 0.519. The van der Waals surface area contributed by atoms with E-state index in [2.05, 4.69) is 6.07 Å². The molecule has 3 rings (SSSR count). The zero-order chi connectivity index (χ0) is 14.2. The number of benzene rings is 3. The second kappa shape index (κ2) is 4.67. The van der Waals surface area contributed by atoms with Gasteiger partial charge >= 0.3 is 6.18 Å². The van der Waals surface area contributed by atoms with Crippen LogP contribution in [-0.2, 0) is 6.18 Å². The number of hydrogen-bond donors (Lipinski definition) is 0. The van der Waals surface area contributed by atoms with Gasteiger partial charge in [-0.2, -0.15) is 13.2 Å². The lowest BCUT2D eigenvalue weighted by Crippen LogP contribution is -2.04. The molecule has 0 heterocycles. The third-order valence-corrected chi connectivity index (χ3v) is 3.16. The van der Waals surface area contributed by atoms with Gasteiger partial charge in [0.1, 0.15) is 0 Å². The molecule has 0 saturated heterocycles. The molecule has 0 aliphatic rings. The highest BCUT2D eigenvalue weighted by molar-refractivity contribution is 5.86. The Labute approximate surface area is 114 Å². The maximum atomic E-state index is 12.7. The summed E-state index contributed by atoms with van der Waals surface area (Å²) >= 11 is 0. The lowest BCUT2D eigenvalue weighted by atomic mass is 10.00. The van der Waals surface area contributed by atoms with Crippen LogP contribution in [0.4, 0.5) is 13.2 Å². The van der Waals surface area contributed by atoms with Crippen LogP contribution in [0.15, 0.2) is 60.7 Å². The van der Waals surface area contributed by atoms with Crippen molar-refractivity contribution in [3.63, 3.8) is 0 Å². The van der Waals surface area contributed by atoms with Crippen LogP contribution in [0.5, 0.6) is 0 Å². The molecule has 0 spiro atoms. The largest absolute Gasteiger partial charge is 0.416 e. The molecule has 0 unspecified atom stereocenters. The summed E-state index contributed by atoms with van der Waals surface area (Å²) in [4.78, 5) is 0. The van der Waals surface area contributed by atoms with E-state index in [1.807, 2.05) is 30.3 Å². The Kier molecular flexibility index (Phi) is 2.97. The van der Waals surface area contributed by atoms with E-state index in [-0.39, 0.29) is 0 Å². The molecule has 0 aliphatic heterocycles. The van der Waals surface area contributed by atoms with Crippen molar-refractivity contribution in [2.24, 2.45) is 0 Å². The van der Waals surface area contributed by atoms with Crippen molar-refractivity contribution in [2.75, 3.05) is 0 Å². The molecule has 0 aliphatic carbocycles. The van der Waals surface area contributed by atoms with E-state index in [4.69, 9.17) is 0 Å². The number of fused-ring (bicyclic) bond motifs is 1. The van der Waals surface area contributed by atoms with Gasteiger partial charge in [-0.25, -0.2) is 0 Å². The highest BCUT2D eigenvalue weighted by Gasteiger charge is 2.30. The summed E-state index contributed by atoms with van der Waals surface area (Å²) in [6, 6.07) is 19.8. The van der Waals surface area contributed by atoms with Gasteiger partial charge in [0.15, 0.2) is 0 Å². The van der Waals surface area contributed by atoms with E-state index in [1.54, 1.807) is 12.1 Å². The highest BCUT2D eigenvalue weighted by atomic mass is 19.4. The second-order valence-electron chi connectivity index (χ2n) is 4.54. The molecule has 0 bridgehead atoms. The first-order valence-corrected chi connectivity index (χ1v) is 6.13. The van der Waals surface area contributed by atoms with Crippen molar-refractivity contribution in [1.82, 2.24) is 0 Å². The van der Waals surface area contributed by atoms with Crippen LogP contribution in [0.3, 0.4) is 0 Å². The molecular weight excluding hydrogens is 261 g/mol. The molecule has 0 aromatic heterocycles. The quantitative estimate of drug-likeness (QED) is 0.561. The van der Waals surface area contributed by atoms with E-state index < -0.39 is 11.7 Å². The summed E-state index contributed by atoms with van der Waals surface area (Å²) < 4.78 is 38.2. The average Bonchev–Trinajstić information content (AvgIpc) is 2.46. The fourth-order valence-electron chi connectivity index (χ4n) is 2.15. The fourth-order valence-corrected chi connectivity index (χ4v) is 2.15. The van der Waals surface area contributed by atoms with Crippen molar-refractivity contribution in [2.45, 2.75) is 6.18 Å². The van der Waals surface area contributed by atoms with Gasteiger partial charge in [-0.15, -0.1) is 0 Å². The Balaban J connectivity index is 2.11. The van der Waals surface area contributed by atoms with Crippen LogP contribution in [0.25, 0.3) is 21.9 Å². The van der Waals surface area contributed by atoms with Crippen LogP contribution in [0.1, 0.15) is 5.56 Å². The van der Waals surface area contributed by atoms with Gasteiger partial charge in [-0.1, -0.05) is 48.5 Å². The van der Waals surface area contributed by atoms with Gasteiger partial charge in [0, 0.05) is 0 Å². The lowest BCUT2D eigenvalue weighted by molar-refractivity contribution is -0.137. The SMILES string of the molecule is FC(F)(F)c1cccc(-c2[c]c3ccccc3cc2)c1. The lowest BCUT2D eigenvalue weighted by Gasteiger charge is -2.09. The predicted molar refractivity (Wildman–Crippen MR) is 73.2 cm³/mol. The summed E-state index contributed by atoms with van der Waals surface area (Å²) in [6.07, 6.45) is -4.33. The second-order valence-corrected chi connectivity index (χ2v) is 4.54. The number of rotatable bonds is 1. The third-order valence-electron chi connectivity index (χ3n) is 3.16. The molecule has 0 fully saturated rings. The minimum atomic E-state index is -4.33. The van der Waals surface area contributed by atoms with E-state index in [0.717, 1.165) is 22.9 Å². The molecule has 0 amide bonds. The zero-order valence-corrected chi connectivity index (χ0v) is 10.4. The highest BCUT2D eigenvalue weighted by Crippen LogP contribution is 2.32. The van der Waals surface area contributed by atoms with Crippen molar-refractivity contribution in [1.29, 1.82) is 0 Å². The van der Waals surface area contributed by atoms with Crippen LogP contribution < -0.4 is 0 Å². The molecule has 1 radical (unpaired) electrons. The van der Waals surface area contributed by atoms with Crippen LogP contribution >= 0.6 is 0 Å². The molecule has 0 N–H and O–H groups in total. The van der Waals surface area contributed by atoms with E-state index in [0.29, 0.717) is 11.1 Å². The Morgan fingerprint density at radius 3 is 2.40 bits per heavy atom. The molecule has 99 valence electrons. The average molecular weight is 271 g/mol. The predicted octanol–water partition coefficient (Wildman–Crippen LogP) is 5.33. The van der Waals surface area contributed by atoms with Gasteiger partial charge in [-0.3, -0.25) is 0 Å². The summed E-state index contributed by atoms with van der Waals surface area (Å²) in [7, 11) is 0. The first-order chi connectivity index (χ1) is 9.54. The fraction of sp³-hybridized carbons (Fsp3) is 0.0588. The number of alkyl halides is 3. The van der Waals surface area contributed by atoms with Gasteiger partial charge in [0.2, 0.25) is 0 Å². The smallest absolute Gasteiger partial charge is 0.166 e. The van der Waals surface area contributed by atoms with Gasteiger partial charge in [-0.05, 0) is 40.1 Å². The monoisotopic (exact) mass is 271 g/mol. The Hall–Kier alpha value is -2.29. The topological polar surface area (TPSA) is 0 Å². The summed E-state index contributed by atoms with van der Waals surface area (Å²) in [5.74, 6) is 0.